The maximum Gasteiger partial charge on any atom is 0.252 e. The van der Waals surface area contributed by atoms with E-state index in [-0.39, 0.29) is 34.5 Å². The van der Waals surface area contributed by atoms with E-state index in [0.717, 1.165) is 30.6 Å². The van der Waals surface area contributed by atoms with Crippen LogP contribution >= 0.6 is 11.3 Å². The molecule has 0 aliphatic carbocycles. The van der Waals surface area contributed by atoms with Crippen molar-refractivity contribution >= 4 is 37.3 Å². The summed E-state index contributed by atoms with van der Waals surface area (Å²) < 4.78 is 54.0. The molecule has 176 valence electrons. The van der Waals surface area contributed by atoms with Crippen LogP contribution in [0.15, 0.2) is 50.9 Å². The minimum absolute atomic E-state index is 0.103. The summed E-state index contributed by atoms with van der Waals surface area (Å²) in [5.41, 5.74) is 0.545. The highest BCUT2D eigenvalue weighted by Crippen LogP contribution is 2.24. The number of thiophene rings is 1. The first-order valence-corrected chi connectivity index (χ1v) is 14.3. The lowest BCUT2D eigenvalue weighted by Gasteiger charge is -2.26. The predicted octanol–water partition coefficient (Wildman–Crippen LogP) is 2.64. The molecule has 3 rings (SSSR count). The Morgan fingerprint density at radius 1 is 1.06 bits per heavy atom. The second-order valence-electron chi connectivity index (χ2n) is 7.71. The predicted molar refractivity (Wildman–Crippen MR) is 124 cm³/mol. The van der Waals surface area contributed by atoms with Gasteiger partial charge in [-0.2, -0.15) is 4.31 Å². The maximum atomic E-state index is 13.0. The summed E-state index contributed by atoms with van der Waals surface area (Å²) in [5.74, 6) is -0.253. The molecule has 2 heterocycles. The van der Waals surface area contributed by atoms with Crippen LogP contribution in [0.1, 0.15) is 37.7 Å². The van der Waals surface area contributed by atoms with Gasteiger partial charge in [0.2, 0.25) is 15.9 Å². The van der Waals surface area contributed by atoms with Gasteiger partial charge in [0, 0.05) is 39.6 Å². The average Bonchev–Trinajstić information content (AvgIpc) is 3.34. The van der Waals surface area contributed by atoms with Crippen LogP contribution in [-0.2, 0) is 31.4 Å². The molecule has 1 aromatic carbocycles. The van der Waals surface area contributed by atoms with Crippen LogP contribution < -0.4 is 5.32 Å². The lowest BCUT2D eigenvalue weighted by molar-refractivity contribution is -0.121. The number of benzene rings is 1. The van der Waals surface area contributed by atoms with Gasteiger partial charge < -0.3 is 5.32 Å². The van der Waals surface area contributed by atoms with Crippen molar-refractivity contribution < 1.29 is 21.6 Å². The number of sulfonamides is 2. The number of hydrogen-bond acceptors (Lipinski definition) is 6. The molecule has 0 saturated carbocycles. The highest BCUT2D eigenvalue weighted by molar-refractivity contribution is 7.91. The van der Waals surface area contributed by atoms with Crippen molar-refractivity contribution in [1.82, 2.24) is 13.9 Å². The maximum absolute atomic E-state index is 13.0. The molecular weight excluding hydrogens is 470 g/mol. The molecule has 1 aliphatic rings. The smallest absolute Gasteiger partial charge is 0.252 e. The Morgan fingerprint density at radius 2 is 1.78 bits per heavy atom. The molecule has 11 heteroatoms. The molecule has 0 bridgehead atoms. The highest BCUT2D eigenvalue weighted by Gasteiger charge is 2.28. The van der Waals surface area contributed by atoms with Gasteiger partial charge in [-0.25, -0.2) is 21.1 Å². The van der Waals surface area contributed by atoms with Gasteiger partial charge in [0.15, 0.2) is 0 Å². The Labute approximate surface area is 194 Å². The Morgan fingerprint density at radius 3 is 2.47 bits per heavy atom. The van der Waals surface area contributed by atoms with E-state index in [1.54, 1.807) is 41.8 Å². The zero-order valence-electron chi connectivity index (χ0n) is 18.1. The van der Waals surface area contributed by atoms with Crippen molar-refractivity contribution in [3.05, 3.63) is 47.3 Å². The number of nitrogens with zero attached hydrogens (tertiary/aromatic N) is 2. The molecule has 1 amide bonds. The van der Waals surface area contributed by atoms with E-state index < -0.39 is 20.0 Å². The van der Waals surface area contributed by atoms with E-state index in [4.69, 9.17) is 0 Å². The van der Waals surface area contributed by atoms with E-state index in [9.17, 15) is 21.6 Å². The number of carbonyl (C=O) groups excluding carboxylic acids is 1. The van der Waals surface area contributed by atoms with Gasteiger partial charge in [-0.3, -0.25) is 4.79 Å². The molecular formula is C21H29N3O5S3. The summed E-state index contributed by atoms with van der Waals surface area (Å²) in [4.78, 5) is 12.5. The molecule has 0 spiro atoms. The molecule has 0 radical (unpaired) electrons. The Hall–Kier alpha value is -1.79. The van der Waals surface area contributed by atoms with E-state index in [2.05, 4.69) is 5.32 Å². The van der Waals surface area contributed by atoms with Gasteiger partial charge in [0.25, 0.3) is 10.0 Å². The molecule has 2 aromatic rings. The fraction of sp³-hybridized carbons (Fsp3) is 0.476. The average molecular weight is 500 g/mol. The Bertz CT molecular complexity index is 1110. The van der Waals surface area contributed by atoms with Gasteiger partial charge in [-0.1, -0.05) is 30.7 Å². The number of piperidine rings is 1. The zero-order valence-corrected chi connectivity index (χ0v) is 20.5. The summed E-state index contributed by atoms with van der Waals surface area (Å²) in [6.45, 7) is 1.36. The minimum Gasteiger partial charge on any atom is -0.352 e. The van der Waals surface area contributed by atoms with Gasteiger partial charge in [0.05, 0.1) is 4.90 Å². The Balaban J connectivity index is 1.53. The number of amides is 1. The molecule has 1 aromatic heterocycles. The largest absolute Gasteiger partial charge is 0.352 e. The van der Waals surface area contributed by atoms with Crippen LogP contribution in [0.4, 0.5) is 0 Å². The molecule has 32 heavy (non-hydrogen) atoms. The second kappa shape index (κ2) is 10.9. The van der Waals surface area contributed by atoms with E-state index in [1.807, 2.05) is 0 Å². The lowest BCUT2D eigenvalue weighted by atomic mass is 10.2. The number of rotatable bonds is 10. The molecule has 0 atom stereocenters. The molecule has 1 aliphatic heterocycles. The fourth-order valence-corrected chi connectivity index (χ4v) is 7.72. The number of carbonyl (C=O) groups is 1. The molecule has 1 N–H and O–H groups in total. The molecule has 1 saturated heterocycles. The fourth-order valence-electron chi connectivity index (χ4n) is 3.57. The minimum atomic E-state index is -3.60. The Kier molecular flexibility index (Phi) is 8.45. The molecule has 1 fully saturated rings. The number of nitrogens with one attached hydrogen (secondary N) is 1. The summed E-state index contributed by atoms with van der Waals surface area (Å²) in [6, 6.07) is 9.96. The topological polar surface area (TPSA) is 104 Å². The molecule has 8 nitrogen and oxygen atoms in total. The van der Waals surface area contributed by atoms with Gasteiger partial charge in [-0.05, 0) is 42.3 Å². The van der Waals surface area contributed by atoms with E-state index in [0.29, 0.717) is 25.1 Å². The number of hydrogen-bond donors (Lipinski definition) is 1. The van der Waals surface area contributed by atoms with Crippen molar-refractivity contribution in [2.75, 3.05) is 26.7 Å². The van der Waals surface area contributed by atoms with E-state index in [1.165, 1.54) is 15.7 Å². The summed E-state index contributed by atoms with van der Waals surface area (Å²) >= 11 is 1.16. The van der Waals surface area contributed by atoms with Crippen LogP contribution in [0.5, 0.6) is 0 Å². The summed E-state index contributed by atoms with van der Waals surface area (Å²) in [7, 11) is -5.64. The lowest BCUT2D eigenvalue weighted by Crippen LogP contribution is -2.36. The summed E-state index contributed by atoms with van der Waals surface area (Å²) in [6.07, 6.45) is 3.25. The second-order valence-corrected chi connectivity index (χ2v) is 12.8. The third-order valence-electron chi connectivity index (χ3n) is 5.42. The SMILES string of the molecule is CN(CCCC(=O)NCc1ccccc1S(=O)(=O)N1CCCCC1)S(=O)(=O)c1cccs1. The van der Waals surface area contributed by atoms with Crippen molar-refractivity contribution in [3.8, 4) is 0 Å². The monoisotopic (exact) mass is 499 g/mol. The first kappa shape index (κ1) is 24.8. The summed E-state index contributed by atoms with van der Waals surface area (Å²) in [5, 5.41) is 4.47. The van der Waals surface area contributed by atoms with Crippen LogP contribution in [0.2, 0.25) is 0 Å². The molecule has 0 unspecified atom stereocenters. The van der Waals surface area contributed by atoms with Crippen LogP contribution in [0.3, 0.4) is 0 Å². The standard InChI is InChI=1S/C21H29N3O5S3/c1-23(32(28,29)21-12-8-16-30-21)13-7-11-20(25)22-17-18-9-3-4-10-19(18)31(26,27)24-14-5-2-6-15-24/h3-4,8-10,12,16H,2,5-7,11,13-15,17H2,1H3,(H,22,25). The zero-order chi connectivity index (χ0) is 23.2. The van der Waals surface area contributed by atoms with Crippen molar-refractivity contribution in [2.45, 2.75) is 47.8 Å². The van der Waals surface area contributed by atoms with Gasteiger partial charge in [0.1, 0.15) is 4.21 Å². The van der Waals surface area contributed by atoms with Crippen molar-refractivity contribution in [3.63, 3.8) is 0 Å². The normalized spacial score (nSPS) is 15.7. The van der Waals surface area contributed by atoms with Crippen LogP contribution in [0.25, 0.3) is 0 Å². The third kappa shape index (κ3) is 5.96. The van der Waals surface area contributed by atoms with Gasteiger partial charge >= 0.3 is 0 Å². The van der Waals surface area contributed by atoms with Crippen LogP contribution in [0, 0.1) is 0 Å². The van der Waals surface area contributed by atoms with Crippen molar-refractivity contribution in [2.24, 2.45) is 0 Å². The first-order chi connectivity index (χ1) is 15.2. The third-order valence-corrected chi connectivity index (χ3v) is 10.6. The quantitative estimate of drug-likeness (QED) is 0.541. The van der Waals surface area contributed by atoms with Gasteiger partial charge in [-0.15, -0.1) is 11.3 Å². The highest BCUT2D eigenvalue weighted by atomic mass is 32.2. The van der Waals surface area contributed by atoms with Crippen molar-refractivity contribution in [1.29, 1.82) is 0 Å². The van der Waals surface area contributed by atoms with E-state index >= 15 is 0 Å². The first-order valence-electron chi connectivity index (χ1n) is 10.6. The van der Waals surface area contributed by atoms with Crippen LogP contribution in [-0.4, -0.2) is 58.0 Å².